The predicted molar refractivity (Wildman–Crippen MR) is 67.6 cm³/mol. The molecule has 3 nitrogen and oxygen atoms in total. The van der Waals surface area contributed by atoms with Crippen LogP contribution in [0.25, 0.3) is 0 Å². The molecule has 0 heterocycles. The number of amides is 1. The topological polar surface area (TPSA) is 55.1 Å². The van der Waals surface area contributed by atoms with E-state index in [0.29, 0.717) is 6.04 Å². The Morgan fingerprint density at radius 1 is 1.00 bits per heavy atom. The van der Waals surface area contributed by atoms with Gasteiger partial charge in [0.25, 0.3) is 0 Å². The largest absolute Gasteiger partial charge is 0.353 e. The lowest BCUT2D eigenvalue weighted by Crippen LogP contribution is -2.44. The summed E-state index contributed by atoms with van der Waals surface area (Å²) in [7, 11) is 0. The molecule has 0 aromatic carbocycles. The fourth-order valence-corrected chi connectivity index (χ4v) is 2.87. The fraction of sp³-hybridized carbons (Fsp3) is 0.917. The highest BCUT2D eigenvalue weighted by molar-refractivity contribution is 5.85. The van der Waals surface area contributed by atoms with Gasteiger partial charge >= 0.3 is 0 Å². The monoisotopic (exact) mass is 246 g/mol. The number of carbonyl (C=O) groups excluding carboxylic acids is 1. The smallest absolute Gasteiger partial charge is 0.224 e. The summed E-state index contributed by atoms with van der Waals surface area (Å²) < 4.78 is 0. The molecule has 2 rings (SSSR count). The number of hydrogen-bond donors (Lipinski definition) is 2. The SMILES string of the molecule is Cl.NC1CCCC1C(=O)NC1CCCCC1. The maximum Gasteiger partial charge on any atom is 0.224 e. The number of carbonyl (C=O) groups is 1. The van der Waals surface area contributed by atoms with Crippen LogP contribution in [0.15, 0.2) is 0 Å². The summed E-state index contributed by atoms with van der Waals surface area (Å²) in [5.74, 6) is 0.304. The summed E-state index contributed by atoms with van der Waals surface area (Å²) >= 11 is 0. The lowest BCUT2D eigenvalue weighted by molar-refractivity contribution is -0.126. The van der Waals surface area contributed by atoms with Gasteiger partial charge in [0.05, 0.1) is 5.92 Å². The summed E-state index contributed by atoms with van der Waals surface area (Å²) in [6.07, 6.45) is 9.30. The number of nitrogens with two attached hydrogens (primary N) is 1. The van der Waals surface area contributed by atoms with Gasteiger partial charge in [-0.1, -0.05) is 25.7 Å². The van der Waals surface area contributed by atoms with E-state index in [2.05, 4.69) is 5.32 Å². The van der Waals surface area contributed by atoms with Gasteiger partial charge in [-0.3, -0.25) is 4.79 Å². The van der Waals surface area contributed by atoms with E-state index in [9.17, 15) is 4.79 Å². The van der Waals surface area contributed by atoms with Crippen LogP contribution in [0, 0.1) is 5.92 Å². The van der Waals surface area contributed by atoms with E-state index in [0.717, 1.165) is 32.1 Å². The van der Waals surface area contributed by atoms with Gasteiger partial charge in [0.1, 0.15) is 0 Å². The average Bonchev–Trinajstić information content (AvgIpc) is 2.66. The Balaban J connectivity index is 0.00000128. The van der Waals surface area contributed by atoms with Gasteiger partial charge < -0.3 is 11.1 Å². The van der Waals surface area contributed by atoms with Crippen molar-refractivity contribution in [2.45, 2.75) is 63.5 Å². The van der Waals surface area contributed by atoms with Crippen molar-refractivity contribution in [2.24, 2.45) is 11.7 Å². The summed E-state index contributed by atoms with van der Waals surface area (Å²) in [6, 6.07) is 0.535. The van der Waals surface area contributed by atoms with Gasteiger partial charge in [0.2, 0.25) is 5.91 Å². The molecule has 2 unspecified atom stereocenters. The number of nitrogens with one attached hydrogen (secondary N) is 1. The van der Waals surface area contributed by atoms with E-state index < -0.39 is 0 Å². The Morgan fingerprint density at radius 2 is 1.69 bits per heavy atom. The Labute approximate surface area is 104 Å². The van der Waals surface area contributed by atoms with Crippen LogP contribution < -0.4 is 11.1 Å². The van der Waals surface area contributed by atoms with Crippen molar-refractivity contribution >= 4 is 18.3 Å². The molecule has 0 bridgehead atoms. The molecule has 2 aliphatic rings. The molecule has 0 aliphatic heterocycles. The van der Waals surface area contributed by atoms with Crippen molar-refractivity contribution in [1.29, 1.82) is 0 Å². The van der Waals surface area contributed by atoms with Crippen LogP contribution in [0.5, 0.6) is 0 Å². The van der Waals surface area contributed by atoms with Crippen molar-refractivity contribution in [1.82, 2.24) is 5.32 Å². The van der Waals surface area contributed by atoms with E-state index in [1.165, 1.54) is 19.3 Å². The zero-order valence-electron chi connectivity index (χ0n) is 9.78. The molecular weight excluding hydrogens is 224 g/mol. The molecule has 0 spiro atoms. The van der Waals surface area contributed by atoms with Crippen molar-refractivity contribution in [3.63, 3.8) is 0 Å². The lowest BCUT2D eigenvalue weighted by Gasteiger charge is -2.25. The third kappa shape index (κ3) is 3.36. The van der Waals surface area contributed by atoms with Gasteiger partial charge in [-0.05, 0) is 25.7 Å². The summed E-state index contributed by atoms with van der Waals surface area (Å²) in [6.45, 7) is 0. The average molecular weight is 247 g/mol. The Morgan fingerprint density at radius 3 is 2.25 bits per heavy atom. The lowest BCUT2D eigenvalue weighted by atomic mass is 9.94. The third-order valence-electron chi connectivity index (χ3n) is 3.86. The zero-order chi connectivity index (χ0) is 10.7. The molecule has 2 aliphatic carbocycles. The second-order valence-electron chi connectivity index (χ2n) is 5.04. The van der Waals surface area contributed by atoms with E-state index in [1.807, 2.05) is 0 Å². The van der Waals surface area contributed by atoms with Crippen LogP contribution in [0.1, 0.15) is 51.4 Å². The minimum atomic E-state index is 0. The zero-order valence-corrected chi connectivity index (χ0v) is 10.6. The number of hydrogen-bond acceptors (Lipinski definition) is 2. The highest BCUT2D eigenvalue weighted by Gasteiger charge is 2.31. The Bertz CT molecular complexity index is 229. The molecular formula is C12H23ClN2O. The molecule has 3 N–H and O–H groups in total. The van der Waals surface area contributed by atoms with E-state index in [1.54, 1.807) is 0 Å². The molecule has 0 saturated heterocycles. The molecule has 0 aromatic rings. The molecule has 16 heavy (non-hydrogen) atoms. The minimum Gasteiger partial charge on any atom is -0.353 e. The van der Waals surface area contributed by atoms with Crippen molar-refractivity contribution in [3.05, 3.63) is 0 Å². The summed E-state index contributed by atoms with van der Waals surface area (Å²) in [4.78, 5) is 11.9. The number of halogens is 1. The van der Waals surface area contributed by atoms with Crippen LogP contribution in [-0.4, -0.2) is 18.0 Å². The predicted octanol–water partition coefficient (Wildman–Crippen LogP) is 1.98. The molecule has 0 aromatic heterocycles. The first-order valence-electron chi connectivity index (χ1n) is 6.33. The first-order chi connectivity index (χ1) is 7.27. The third-order valence-corrected chi connectivity index (χ3v) is 3.86. The van der Waals surface area contributed by atoms with E-state index in [-0.39, 0.29) is 30.3 Å². The maximum atomic E-state index is 11.9. The summed E-state index contributed by atoms with van der Waals surface area (Å²) in [5.41, 5.74) is 5.92. The first kappa shape index (κ1) is 13.8. The highest BCUT2D eigenvalue weighted by Crippen LogP contribution is 2.25. The molecule has 4 heteroatoms. The van der Waals surface area contributed by atoms with E-state index >= 15 is 0 Å². The molecule has 1 amide bonds. The van der Waals surface area contributed by atoms with Gasteiger partial charge in [-0.15, -0.1) is 12.4 Å². The van der Waals surface area contributed by atoms with Crippen LogP contribution >= 0.6 is 12.4 Å². The standard InChI is InChI=1S/C12H22N2O.ClH/c13-11-8-4-7-10(11)12(15)14-9-5-2-1-3-6-9;/h9-11H,1-8,13H2,(H,14,15);1H. The van der Waals surface area contributed by atoms with Crippen molar-refractivity contribution in [2.75, 3.05) is 0 Å². The van der Waals surface area contributed by atoms with Gasteiger partial charge in [-0.2, -0.15) is 0 Å². The first-order valence-corrected chi connectivity index (χ1v) is 6.33. The minimum absolute atomic E-state index is 0. The highest BCUT2D eigenvalue weighted by atomic mass is 35.5. The fourth-order valence-electron chi connectivity index (χ4n) is 2.87. The van der Waals surface area contributed by atoms with Crippen LogP contribution in [0.3, 0.4) is 0 Å². The number of rotatable bonds is 2. The molecule has 94 valence electrons. The van der Waals surface area contributed by atoms with Gasteiger partial charge in [-0.25, -0.2) is 0 Å². The van der Waals surface area contributed by atoms with Crippen LogP contribution in [0.4, 0.5) is 0 Å². The normalized spacial score (nSPS) is 30.8. The van der Waals surface area contributed by atoms with Crippen molar-refractivity contribution < 1.29 is 4.79 Å². The second-order valence-corrected chi connectivity index (χ2v) is 5.04. The van der Waals surface area contributed by atoms with Gasteiger partial charge in [0.15, 0.2) is 0 Å². The van der Waals surface area contributed by atoms with Crippen LogP contribution in [0.2, 0.25) is 0 Å². The summed E-state index contributed by atoms with van der Waals surface area (Å²) in [5, 5.41) is 3.17. The van der Waals surface area contributed by atoms with Crippen LogP contribution in [-0.2, 0) is 4.79 Å². The molecule has 2 saturated carbocycles. The molecule has 0 radical (unpaired) electrons. The van der Waals surface area contributed by atoms with E-state index in [4.69, 9.17) is 5.73 Å². The Hall–Kier alpha value is -0.280. The second kappa shape index (κ2) is 6.45. The quantitative estimate of drug-likeness (QED) is 0.783. The van der Waals surface area contributed by atoms with Crippen molar-refractivity contribution in [3.8, 4) is 0 Å². The van der Waals surface area contributed by atoms with Gasteiger partial charge in [0, 0.05) is 12.1 Å². The molecule has 2 atom stereocenters. The maximum absolute atomic E-state index is 11.9. The molecule has 2 fully saturated rings. The Kier molecular flexibility index (Phi) is 5.56.